The first-order valence-corrected chi connectivity index (χ1v) is 23.6. The van der Waals surface area contributed by atoms with E-state index in [1.807, 2.05) is 57.6 Å². The molecular weight excluding hydrogens is 741 g/mol. The number of rotatable bonds is 39. The molecule has 0 aliphatic carbocycles. The van der Waals surface area contributed by atoms with Crippen LogP contribution in [0.25, 0.3) is 0 Å². The molecular formula is C46H82NO9P. The van der Waals surface area contributed by atoms with Crippen LogP contribution in [0.15, 0.2) is 60.8 Å². The third kappa shape index (κ3) is 41.6. The van der Waals surface area contributed by atoms with Gasteiger partial charge in [-0.2, -0.15) is 0 Å². The van der Waals surface area contributed by atoms with Crippen molar-refractivity contribution in [1.82, 2.24) is 0 Å². The molecule has 0 amide bonds. The topological polar surface area (TPSA) is 131 Å². The summed E-state index contributed by atoms with van der Waals surface area (Å²) in [7, 11) is 1.10. The lowest BCUT2D eigenvalue weighted by atomic mass is 10.1. The molecule has 0 aliphatic rings. The highest BCUT2D eigenvalue weighted by atomic mass is 31.2. The number of ether oxygens (including phenoxy) is 2. The normalized spacial score (nSPS) is 14.7. The van der Waals surface area contributed by atoms with Gasteiger partial charge in [0.1, 0.15) is 19.8 Å². The van der Waals surface area contributed by atoms with Crippen LogP contribution < -0.4 is 4.89 Å². The van der Waals surface area contributed by atoms with Crippen molar-refractivity contribution in [3.05, 3.63) is 60.8 Å². The first kappa shape index (κ1) is 54.7. The third-order valence-corrected chi connectivity index (χ3v) is 10.1. The minimum atomic E-state index is -4.65. The highest BCUT2D eigenvalue weighted by molar-refractivity contribution is 7.45. The molecule has 1 N–H and O–H groups in total. The van der Waals surface area contributed by atoms with Crippen LogP contribution in [0.1, 0.15) is 162 Å². The monoisotopic (exact) mass is 824 g/mol. The molecule has 0 aliphatic heterocycles. The fraction of sp³-hybridized carbons (Fsp3) is 0.739. The lowest BCUT2D eigenvalue weighted by molar-refractivity contribution is -0.870. The highest BCUT2D eigenvalue weighted by Crippen LogP contribution is 2.38. The van der Waals surface area contributed by atoms with Crippen LogP contribution in [0.3, 0.4) is 0 Å². The largest absolute Gasteiger partial charge is 0.756 e. The van der Waals surface area contributed by atoms with Crippen molar-refractivity contribution in [2.75, 3.05) is 47.5 Å². The second-order valence-electron chi connectivity index (χ2n) is 15.9. The minimum Gasteiger partial charge on any atom is -0.756 e. The average Bonchev–Trinajstić information content (AvgIpc) is 3.15. The fourth-order valence-electron chi connectivity index (χ4n) is 5.57. The van der Waals surface area contributed by atoms with E-state index < -0.39 is 32.5 Å². The number of esters is 2. The number of carbonyl (C=O) groups is 2. The quantitative estimate of drug-likeness (QED) is 0.0161. The Morgan fingerprint density at radius 1 is 0.649 bits per heavy atom. The maximum absolute atomic E-state index is 12.7. The molecule has 0 fully saturated rings. The third-order valence-electron chi connectivity index (χ3n) is 9.11. The van der Waals surface area contributed by atoms with Gasteiger partial charge >= 0.3 is 11.9 Å². The Labute approximate surface area is 348 Å². The summed E-state index contributed by atoms with van der Waals surface area (Å²) in [5, 5.41) is 9.90. The number of hydrogen-bond donors (Lipinski definition) is 1. The number of quaternary nitrogens is 1. The summed E-state index contributed by atoms with van der Waals surface area (Å²) in [6.07, 6.45) is 41.5. The highest BCUT2D eigenvalue weighted by Gasteiger charge is 2.21. The second kappa shape index (κ2) is 37.9. The zero-order valence-electron chi connectivity index (χ0n) is 36.6. The van der Waals surface area contributed by atoms with Gasteiger partial charge in [0.15, 0.2) is 6.10 Å². The van der Waals surface area contributed by atoms with Gasteiger partial charge < -0.3 is 33.0 Å². The van der Waals surface area contributed by atoms with Gasteiger partial charge in [-0.3, -0.25) is 14.2 Å². The smallest absolute Gasteiger partial charge is 0.306 e. The Morgan fingerprint density at radius 3 is 1.86 bits per heavy atom. The summed E-state index contributed by atoms with van der Waals surface area (Å²) in [6, 6.07) is 0. The number of carbonyl (C=O) groups excluding carboxylic acids is 2. The van der Waals surface area contributed by atoms with Gasteiger partial charge in [0, 0.05) is 12.8 Å². The van der Waals surface area contributed by atoms with Crippen LogP contribution in [0.5, 0.6) is 0 Å². The molecule has 0 bridgehead atoms. The predicted molar refractivity (Wildman–Crippen MR) is 232 cm³/mol. The minimum absolute atomic E-state index is 0.0507. The fourth-order valence-corrected chi connectivity index (χ4v) is 6.30. The summed E-state index contributed by atoms with van der Waals surface area (Å²) < 4.78 is 33.8. The molecule has 11 heteroatoms. The number of phosphoric acid groups is 1. The molecule has 330 valence electrons. The van der Waals surface area contributed by atoms with Gasteiger partial charge in [-0.05, 0) is 64.2 Å². The lowest BCUT2D eigenvalue weighted by Gasteiger charge is -2.28. The van der Waals surface area contributed by atoms with Crippen molar-refractivity contribution in [2.24, 2.45) is 0 Å². The van der Waals surface area contributed by atoms with Crippen LogP contribution in [0.2, 0.25) is 0 Å². The van der Waals surface area contributed by atoms with Crippen molar-refractivity contribution in [3.63, 3.8) is 0 Å². The molecule has 57 heavy (non-hydrogen) atoms. The number of allylic oxidation sites excluding steroid dienone is 9. The van der Waals surface area contributed by atoms with E-state index >= 15 is 0 Å². The second-order valence-corrected chi connectivity index (χ2v) is 17.3. The van der Waals surface area contributed by atoms with Crippen molar-refractivity contribution >= 4 is 19.8 Å². The molecule has 0 saturated carbocycles. The number of phosphoric ester groups is 1. The van der Waals surface area contributed by atoms with Crippen molar-refractivity contribution < 1.29 is 47.2 Å². The maximum atomic E-state index is 12.7. The predicted octanol–water partition coefficient (Wildman–Crippen LogP) is 10.8. The Bertz CT molecular complexity index is 1170. The molecule has 0 aromatic carbocycles. The molecule has 10 nitrogen and oxygen atoms in total. The van der Waals surface area contributed by atoms with Crippen LogP contribution in [-0.2, 0) is 32.7 Å². The molecule has 0 rings (SSSR count). The lowest BCUT2D eigenvalue weighted by Crippen LogP contribution is -2.37. The van der Waals surface area contributed by atoms with Crippen LogP contribution in [0, 0.1) is 0 Å². The van der Waals surface area contributed by atoms with E-state index in [0.29, 0.717) is 30.3 Å². The van der Waals surface area contributed by atoms with Crippen molar-refractivity contribution in [2.45, 2.75) is 174 Å². The molecule has 0 saturated heterocycles. The summed E-state index contributed by atoms with van der Waals surface area (Å²) in [5.74, 6) is -0.940. The number of nitrogens with zero attached hydrogens (tertiary/aromatic N) is 1. The zero-order chi connectivity index (χ0) is 42.3. The van der Waals surface area contributed by atoms with E-state index in [1.54, 1.807) is 0 Å². The van der Waals surface area contributed by atoms with Crippen molar-refractivity contribution in [1.29, 1.82) is 0 Å². The summed E-state index contributed by atoms with van der Waals surface area (Å²) in [6.45, 7) is 3.99. The summed E-state index contributed by atoms with van der Waals surface area (Å²) in [5.41, 5.74) is 0. The maximum Gasteiger partial charge on any atom is 0.306 e. The Morgan fingerprint density at radius 2 is 1.19 bits per heavy atom. The van der Waals surface area contributed by atoms with Crippen LogP contribution >= 0.6 is 7.82 Å². The number of aliphatic hydroxyl groups is 1. The Kier molecular flexibility index (Phi) is 36.4. The molecule has 0 aromatic rings. The van der Waals surface area contributed by atoms with Crippen molar-refractivity contribution in [3.8, 4) is 0 Å². The van der Waals surface area contributed by atoms with Gasteiger partial charge in [-0.25, -0.2) is 0 Å². The standard InChI is InChI=1S/C46H82NO9P/c1-6-8-10-11-12-13-14-15-16-17-20-24-27-30-34-38-46(50)56-44(42-55-57(51,52)54-40-39-47(3,4)5)41-53-45(49)37-33-29-26-23-21-18-19-22-25-28-32-36-43(48)35-31-9-7-2/h15-16,18-19,23,25-26,28,32,36,43-44,48H,6-14,17,20-22,24,27,29-31,33-35,37-42H2,1-5H3/b16-15-,19-18-,26-23-,28-25-,36-32+/t43-,44-/m1/s1. The van der Waals surface area contributed by atoms with Crippen LogP contribution in [0.4, 0.5) is 0 Å². The number of hydrogen-bond acceptors (Lipinski definition) is 9. The van der Waals surface area contributed by atoms with E-state index in [9.17, 15) is 24.2 Å². The summed E-state index contributed by atoms with van der Waals surface area (Å²) in [4.78, 5) is 37.5. The average molecular weight is 824 g/mol. The Balaban J connectivity index is 4.52. The Hall–Kier alpha value is -2.33. The number of aliphatic hydroxyl groups excluding tert-OH is 1. The van der Waals surface area contributed by atoms with Gasteiger partial charge in [0.05, 0.1) is 33.9 Å². The number of unbranched alkanes of at least 4 members (excludes halogenated alkanes) is 14. The zero-order valence-corrected chi connectivity index (χ0v) is 37.5. The van der Waals surface area contributed by atoms with E-state index in [2.05, 4.69) is 38.2 Å². The van der Waals surface area contributed by atoms with Gasteiger partial charge in [0.25, 0.3) is 7.82 Å². The molecule has 1 unspecified atom stereocenters. The molecule has 0 spiro atoms. The number of likely N-dealkylation sites (N-methyl/N-ethyl adjacent to an activating group) is 1. The summed E-state index contributed by atoms with van der Waals surface area (Å²) >= 11 is 0. The molecule has 0 heterocycles. The van der Waals surface area contributed by atoms with E-state index in [1.165, 1.54) is 38.5 Å². The molecule has 3 atom stereocenters. The van der Waals surface area contributed by atoms with Gasteiger partial charge in [0.2, 0.25) is 0 Å². The van der Waals surface area contributed by atoms with Crippen LogP contribution in [-0.4, -0.2) is 81.2 Å². The molecule has 0 aromatic heterocycles. The van der Waals surface area contributed by atoms with E-state index in [0.717, 1.165) is 77.0 Å². The first-order chi connectivity index (χ1) is 27.4. The SMILES string of the molecule is CCCCCCCC/C=C\CCCCCCCC(=O)O[C@H](COC(=O)CCC/C=C\C/C=C\C/C=C\C=C\[C@H](O)CCCCC)COP(=O)([O-])OCC[N+](C)(C)C. The van der Waals surface area contributed by atoms with Gasteiger partial charge in [-0.15, -0.1) is 0 Å². The van der Waals surface area contributed by atoms with E-state index in [4.69, 9.17) is 18.5 Å². The van der Waals surface area contributed by atoms with E-state index in [-0.39, 0.29) is 32.2 Å². The molecule has 0 radical (unpaired) electrons. The first-order valence-electron chi connectivity index (χ1n) is 22.1. The van der Waals surface area contributed by atoms with Gasteiger partial charge in [-0.1, -0.05) is 145 Å².